The van der Waals surface area contributed by atoms with Crippen molar-refractivity contribution in [3.63, 3.8) is 0 Å². The number of nitrogens with one attached hydrogen (secondary N) is 2. The van der Waals surface area contributed by atoms with Crippen molar-refractivity contribution in [1.29, 1.82) is 0 Å². The monoisotopic (exact) mass is 260 g/mol. The van der Waals surface area contributed by atoms with Crippen molar-refractivity contribution < 1.29 is 8.42 Å². The molecule has 98 valence electrons. The first-order valence-corrected chi connectivity index (χ1v) is 7.01. The molecule has 17 heavy (non-hydrogen) atoms. The maximum atomic E-state index is 12.0. The van der Waals surface area contributed by atoms with Gasteiger partial charge in [0.15, 0.2) is 5.03 Å². The Labute approximate surface area is 102 Å². The van der Waals surface area contributed by atoms with Gasteiger partial charge in [-0.1, -0.05) is 13.8 Å². The van der Waals surface area contributed by atoms with Gasteiger partial charge in [-0.15, -0.1) is 0 Å². The summed E-state index contributed by atoms with van der Waals surface area (Å²) in [6.45, 7) is 6.11. The number of hydrogen-bond donors (Lipinski definition) is 3. The van der Waals surface area contributed by atoms with Crippen LogP contribution in [0.2, 0.25) is 0 Å². The van der Waals surface area contributed by atoms with E-state index in [9.17, 15) is 8.42 Å². The molecule has 0 aromatic carbocycles. The summed E-state index contributed by atoms with van der Waals surface area (Å²) in [5.74, 6) is 0.355. The van der Waals surface area contributed by atoms with Crippen LogP contribution in [0.4, 0.5) is 0 Å². The first-order chi connectivity index (χ1) is 7.79. The summed E-state index contributed by atoms with van der Waals surface area (Å²) in [4.78, 5) is 0. The van der Waals surface area contributed by atoms with E-state index in [1.165, 1.54) is 12.3 Å². The molecule has 6 nitrogen and oxygen atoms in total. The summed E-state index contributed by atoms with van der Waals surface area (Å²) in [5, 5.41) is 6.12. The predicted molar refractivity (Wildman–Crippen MR) is 65.8 cm³/mol. The summed E-state index contributed by atoms with van der Waals surface area (Å²) in [6, 6.07) is 1.41. The van der Waals surface area contributed by atoms with Crippen LogP contribution < -0.4 is 10.5 Å². The lowest BCUT2D eigenvalue weighted by atomic mass is 9.92. The zero-order valence-corrected chi connectivity index (χ0v) is 11.2. The summed E-state index contributed by atoms with van der Waals surface area (Å²) in [7, 11) is -3.58. The number of aromatic nitrogens is 2. The molecule has 1 unspecified atom stereocenters. The van der Waals surface area contributed by atoms with Crippen molar-refractivity contribution in [2.75, 3.05) is 6.54 Å². The van der Waals surface area contributed by atoms with Crippen molar-refractivity contribution in [1.82, 2.24) is 14.9 Å². The highest BCUT2D eigenvalue weighted by atomic mass is 32.2. The molecule has 0 aliphatic heterocycles. The summed E-state index contributed by atoms with van der Waals surface area (Å²) in [6.07, 6.45) is 2.08. The highest BCUT2D eigenvalue weighted by molar-refractivity contribution is 7.89. The minimum atomic E-state index is -3.58. The second-order valence-electron chi connectivity index (χ2n) is 4.89. The standard InChI is InChI=1S/C10H20N4O2S/c1-8(2)6-10(3,7-11)14-17(15,16)9-4-5-12-13-9/h4-5,8,14H,6-7,11H2,1-3H3,(H,12,13). The normalized spacial score (nSPS) is 16.1. The Morgan fingerprint density at radius 3 is 2.65 bits per heavy atom. The molecule has 1 atom stereocenters. The lowest BCUT2D eigenvalue weighted by Gasteiger charge is -2.30. The van der Waals surface area contributed by atoms with Gasteiger partial charge in [-0.05, 0) is 25.3 Å². The summed E-state index contributed by atoms with van der Waals surface area (Å²) in [5.41, 5.74) is 5.02. The Hall–Kier alpha value is -0.920. The van der Waals surface area contributed by atoms with Gasteiger partial charge in [0.05, 0.1) is 6.20 Å². The number of nitrogens with two attached hydrogens (primary N) is 1. The number of nitrogens with zero attached hydrogens (tertiary/aromatic N) is 1. The Balaban J connectivity index is 2.88. The van der Waals surface area contributed by atoms with E-state index in [0.29, 0.717) is 12.3 Å². The summed E-state index contributed by atoms with van der Waals surface area (Å²) < 4.78 is 26.7. The fourth-order valence-corrected chi connectivity index (χ4v) is 3.18. The Morgan fingerprint density at radius 1 is 1.59 bits per heavy atom. The van der Waals surface area contributed by atoms with Crippen LogP contribution in [0.5, 0.6) is 0 Å². The quantitative estimate of drug-likeness (QED) is 0.691. The maximum Gasteiger partial charge on any atom is 0.258 e. The SMILES string of the molecule is CC(C)CC(C)(CN)NS(=O)(=O)c1ccn[nH]1. The van der Waals surface area contributed by atoms with Crippen molar-refractivity contribution in [3.05, 3.63) is 12.3 Å². The zero-order chi connectivity index (χ0) is 13.1. The number of hydrogen-bond acceptors (Lipinski definition) is 4. The second kappa shape index (κ2) is 5.16. The molecule has 0 aliphatic carbocycles. The Bertz CT molecular complexity index is 441. The van der Waals surface area contributed by atoms with Crippen molar-refractivity contribution in [3.8, 4) is 0 Å². The smallest absolute Gasteiger partial charge is 0.258 e. The van der Waals surface area contributed by atoms with E-state index in [-0.39, 0.29) is 11.6 Å². The van der Waals surface area contributed by atoms with Crippen LogP contribution in [0.1, 0.15) is 27.2 Å². The van der Waals surface area contributed by atoms with E-state index in [4.69, 9.17) is 5.73 Å². The Kier molecular flexibility index (Phi) is 4.29. The molecule has 0 saturated carbocycles. The van der Waals surface area contributed by atoms with Gasteiger partial charge in [-0.25, -0.2) is 13.1 Å². The minimum Gasteiger partial charge on any atom is -0.329 e. The van der Waals surface area contributed by atoms with Gasteiger partial charge in [0.1, 0.15) is 0 Å². The highest BCUT2D eigenvalue weighted by Crippen LogP contribution is 2.18. The van der Waals surface area contributed by atoms with Gasteiger partial charge in [0, 0.05) is 12.1 Å². The third-order valence-electron chi connectivity index (χ3n) is 2.45. The van der Waals surface area contributed by atoms with Crippen LogP contribution in [0.3, 0.4) is 0 Å². The molecular weight excluding hydrogens is 240 g/mol. The van der Waals surface area contributed by atoms with Crippen LogP contribution in [-0.2, 0) is 10.0 Å². The molecule has 1 aromatic heterocycles. The number of H-pyrrole nitrogens is 1. The van der Waals surface area contributed by atoms with Gasteiger partial charge in [0.25, 0.3) is 10.0 Å². The molecule has 0 fully saturated rings. The third kappa shape index (κ3) is 3.79. The van der Waals surface area contributed by atoms with Crippen molar-refractivity contribution in [2.24, 2.45) is 11.7 Å². The van der Waals surface area contributed by atoms with Crippen LogP contribution in [0, 0.1) is 5.92 Å². The number of sulfonamides is 1. The second-order valence-corrected chi connectivity index (χ2v) is 6.54. The molecule has 0 radical (unpaired) electrons. The zero-order valence-electron chi connectivity index (χ0n) is 10.4. The lowest BCUT2D eigenvalue weighted by molar-refractivity contribution is 0.344. The molecule has 1 heterocycles. The fraction of sp³-hybridized carbons (Fsp3) is 0.700. The fourth-order valence-electron chi connectivity index (χ4n) is 1.84. The van der Waals surface area contributed by atoms with E-state index in [1.54, 1.807) is 6.92 Å². The van der Waals surface area contributed by atoms with Crippen LogP contribution >= 0.6 is 0 Å². The number of aromatic amines is 1. The van der Waals surface area contributed by atoms with E-state index >= 15 is 0 Å². The van der Waals surface area contributed by atoms with E-state index in [2.05, 4.69) is 14.9 Å². The van der Waals surface area contributed by atoms with E-state index in [0.717, 1.165) is 0 Å². The summed E-state index contributed by atoms with van der Waals surface area (Å²) >= 11 is 0. The maximum absolute atomic E-state index is 12.0. The topological polar surface area (TPSA) is 101 Å². The van der Waals surface area contributed by atoms with Gasteiger partial charge in [-0.3, -0.25) is 5.10 Å². The molecule has 0 saturated heterocycles. The predicted octanol–water partition coefficient (Wildman–Crippen LogP) is 0.452. The molecule has 4 N–H and O–H groups in total. The highest BCUT2D eigenvalue weighted by Gasteiger charge is 2.30. The van der Waals surface area contributed by atoms with Crippen molar-refractivity contribution >= 4 is 10.0 Å². The van der Waals surface area contributed by atoms with E-state index in [1.807, 2.05) is 13.8 Å². The number of rotatable bonds is 6. The van der Waals surface area contributed by atoms with Crippen LogP contribution in [0.25, 0.3) is 0 Å². The molecular formula is C10H20N4O2S. The van der Waals surface area contributed by atoms with Crippen molar-refractivity contribution in [2.45, 2.75) is 37.8 Å². The largest absolute Gasteiger partial charge is 0.329 e. The third-order valence-corrected chi connectivity index (χ3v) is 4.02. The van der Waals surface area contributed by atoms with Gasteiger partial charge >= 0.3 is 0 Å². The van der Waals surface area contributed by atoms with Gasteiger partial charge in [-0.2, -0.15) is 5.10 Å². The lowest BCUT2D eigenvalue weighted by Crippen LogP contribution is -2.52. The molecule has 7 heteroatoms. The average molecular weight is 260 g/mol. The van der Waals surface area contributed by atoms with Gasteiger partial charge in [0.2, 0.25) is 0 Å². The van der Waals surface area contributed by atoms with Crippen LogP contribution in [-0.4, -0.2) is 30.7 Å². The average Bonchev–Trinajstić information content (AvgIpc) is 2.68. The first kappa shape index (κ1) is 14.1. The van der Waals surface area contributed by atoms with E-state index < -0.39 is 15.6 Å². The van der Waals surface area contributed by atoms with Gasteiger partial charge < -0.3 is 5.73 Å². The van der Waals surface area contributed by atoms with Crippen LogP contribution in [0.15, 0.2) is 17.3 Å². The molecule has 0 aliphatic rings. The first-order valence-electron chi connectivity index (χ1n) is 5.52. The molecule has 0 spiro atoms. The molecule has 0 amide bonds. The molecule has 0 bridgehead atoms. The molecule has 1 rings (SSSR count). The molecule has 1 aromatic rings. The minimum absolute atomic E-state index is 0.0564. The Morgan fingerprint density at radius 2 is 2.24 bits per heavy atom.